The summed E-state index contributed by atoms with van der Waals surface area (Å²) in [5.41, 5.74) is 1.26. The summed E-state index contributed by atoms with van der Waals surface area (Å²) in [6.07, 6.45) is 2.44. The Morgan fingerprint density at radius 3 is 2.50 bits per heavy atom. The van der Waals surface area contributed by atoms with Gasteiger partial charge in [-0.15, -0.1) is 5.10 Å². The van der Waals surface area contributed by atoms with Crippen LogP contribution in [0.5, 0.6) is 0 Å². The molecule has 1 aliphatic heterocycles. The molecule has 2 heterocycles. The molecule has 0 bridgehead atoms. The first-order chi connectivity index (χ1) is 13.6. The quantitative estimate of drug-likeness (QED) is 0.539. The number of rotatable bonds is 8. The standard InChI is InChI=1S/C20H29FN6O/c1-3-19(16-5-7-17(21)8-6-16)27-15-18(23-24-27)20(28)22-9-10-26-13-11-25(4-2)12-14-26/h5-8,15,19H,3-4,9-14H2,1-2H3,(H,22,28)/p+2/t19-/m1/s1. The van der Waals surface area contributed by atoms with Crippen molar-refractivity contribution >= 4 is 5.91 Å². The number of amides is 1. The first-order valence-electron chi connectivity index (χ1n) is 10.2. The average Bonchev–Trinajstić information content (AvgIpc) is 3.20. The molecule has 3 N–H and O–H groups in total. The van der Waals surface area contributed by atoms with E-state index in [0.717, 1.165) is 31.6 Å². The van der Waals surface area contributed by atoms with Crippen LogP contribution in [0.3, 0.4) is 0 Å². The minimum absolute atomic E-state index is 0.0727. The number of piperazine rings is 1. The van der Waals surface area contributed by atoms with Crippen LogP contribution in [-0.4, -0.2) is 66.7 Å². The first kappa shape index (κ1) is 20.4. The predicted octanol–water partition coefficient (Wildman–Crippen LogP) is -1.05. The van der Waals surface area contributed by atoms with Gasteiger partial charge in [-0.3, -0.25) is 4.79 Å². The van der Waals surface area contributed by atoms with E-state index < -0.39 is 0 Å². The lowest BCUT2D eigenvalue weighted by atomic mass is 10.0. The number of carbonyl (C=O) groups is 1. The fourth-order valence-electron chi connectivity index (χ4n) is 3.80. The van der Waals surface area contributed by atoms with Gasteiger partial charge in [-0.1, -0.05) is 24.3 Å². The molecular weight excluding hydrogens is 359 g/mol. The number of hydrogen-bond donors (Lipinski definition) is 3. The molecular formula is C20H31FN6O+2. The third kappa shape index (κ3) is 5.14. The highest BCUT2D eigenvalue weighted by Crippen LogP contribution is 2.21. The van der Waals surface area contributed by atoms with Gasteiger partial charge in [0.25, 0.3) is 5.91 Å². The molecule has 1 aromatic carbocycles. The van der Waals surface area contributed by atoms with Crippen LogP contribution in [0, 0.1) is 5.82 Å². The van der Waals surface area contributed by atoms with E-state index in [1.54, 1.807) is 32.8 Å². The summed E-state index contributed by atoms with van der Waals surface area (Å²) in [6, 6.07) is 6.29. The molecule has 1 amide bonds. The Morgan fingerprint density at radius 1 is 1.18 bits per heavy atom. The third-order valence-electron chi connectivity index (χ3n) is 5.63. The van der Waals surface area contributed by atoms with Crippen molar-refractivity contribution in [2.24, 2.45) is 0 Å². The van der Waals surface area contributed by atoms with Crippen LogP contribution in [0.2, 0.25) is 0 Å². The molecule has 28 heavy (non-hydrogen) atoms. The van der Waals surface area contributed by atoms with Crippen LogP contribution in [0.25, 0.3) is 0 Å². The van der Waals surface area contributed by atoms with Crippen molar-refractivity contribution < 1.29 is 19.0 Å². The highest BCUT2D eigenvalue weighted by molar-refractivity contribution is 5.91. The second kappa shape index (κ2) is 9.75. The van der Waals surface area contributed by atoms with E-state index in [1.165, 1.54) is 31.8 Å². The molecule has 0 saturated carbocycles. The summed E-state index contributed by atoms with van der Waals surface area (Å²) in [5.74, 6) is -0.464. The lowest BCUT2D eigenvalue weighted by Gasteiger charge is -2.28. The number of benzene rings is 1. The Bertz CT molecular complexity index is 754. The van der Waals surface area contributed by atoms with Crippen LogP contribution < -0.4 is 15.1 Å². The fraction of sp³-hybridized carbons (Fsp3) is 0.550. The lowest BCUT2D eigenvalue weighted by molar-refractivity contribution is -1.01. The Morgan fingerprint density at radius 2 is 1.86 bits per heavy atom. The first-order valence-corrected chi connectivity index (χ1v) is 10.2. The number of halogens is 1. The smallest absolute Gasteiger partial charge is 0.273 e. The summed E-state index contributed by atoms with van der Waals surface area (Å²) < 4.78 is 14.8. The Hall–Kier alpha value is -2.32. The van der Waals surface area contributed by atoms with E-state index >= 15 is 0 Å². The van der Waals surface area contributed by atoms with Crippen LogP contribution in [-0.2, 0) is 0 Å². The van der Waals surface area contributed by atoms with Gasteiger partial charge >= 0.3 is 0 Å². The Labute approximate surface area is 165 Å². The molecule has 0 radical (unpaired) electrons. The summed E-state index contributed by atoms with van der Waals surface area (Å²) >= 11 is 0. The number of nitrogens with one attached hydrogen (secondary N) is 3. The molecule has 1 saturated heterocycles. The maximum absolute atomic E-state index is 13.2. The predicted molar refractivity (Wildman–Crippen MR) is 104 cm³/mol. The average molecular weight is 391 g/mol. The number of quaternary nitrogens is 2. The molecule has 152 valence electrons. The lowest BCUT2D eigenvalue weighted by Crippen LogP contribution is -3.28. The van der Waals surface area contributed by atoms with Crippen molar-refractivity contribution in [2.75, 3.05) is 45.8 Å². The van der Waals surface area contributed by atoms with Crippen molar-refractivity contribution in [3.63, 3.8) is 0 Å². The molecule has 1 aliphatic rings. The zero-order valence-electron chi connectivity index (χ0n) is 16.7. The largest absolute Gasteiger partial charge is 0.345 e. The monoisotopic (exact) mass is 390 g/mol. The van der Waals surface area contributed by atoms with Crippen molar-refractivity contribution in [3.05, 3.63) is 47.5 Å². The van der Waals surface area contributed by atoms with Gasteiger partial charge in [-0.2, -0.15) is 0 Å². The SMILES string of the molecule is CC[C@H](c1ccc(F)cc1)n1cc(C(=O)NCC[NH+]2CC[NH+](CC)CC2)nn1. The van der Waals surface area contributed by atoms with Crippen LogP contribution in [0.1, 0.15) is 42.4 Å². The van der Waals surface area contributed by atoms with Gasteiger partial charge in [0.05, 0.1) is 31.9 Å². The molecule has 0 spiro atoms. The third-order valence-corrected chi connectivity index (χ3v) is 5.63. The van der Waals surface area contributed by atoms with Crippen molar-refractivity contribution in [3.8, 4) is 0 Å². The van der Waals surface area contributed by atoms with Gasteiger partial charge in [0.15, 0.2) is 5.69 Å². The van der Waals surface area contributed by atoms with Crippen LogP contribution in [0.4, 0.5) is 4.39 Å². The van der Waals surface area contributed by atoms with E-state index in [9.17, 15) is 9.18 Å². The van der Waals surface area contributed by atoms with Gasteiger partial charge in [0, 0.05) is 0 Å². The highest BCUT2D eigenvalue weighted by Gasteiger charge is 2.22. The molecule has 8 heteroatoms. The van der Waals surface area contributed by atoms with Gasteiger partial charge < -0.3 is 15.1 Å². The van der Waals surface area contributed by atoms with E-state index in [-0.39, 0.29) is 17.8 Å². The normalized spacial score (nSPS) is 20.7. The molecule has 1 fully saturated rings. The van der Waals surface area contributed by atoms with Crippen molar-refractivity contribution in [1.82, 2.24) is 20.3 Å². The van der Waals surface area contributed by atoms with E-state index in [0.29, 0.717) is 12.2 Å². The van der Waals surface area contributed by atoms with E-state index in [4.69, 9.17) is 0 Å². The minimum Gasteiger partial charge on any atom is -0.345 e. The molecule has 7 nitrogen and oxygen atoms in total. The minimum atomic E-state index is -0.267. The number of aromatic nitrogens is 3. The van der Waals surface area contributed by atoms with Crippen LogP contribution >= 0.6 is 0 Å². The van der Waals surface area contributed by atoms with E-state index in [2.05, 4.69) is 22.6 Å². The zero-order valence-corrected chi connectivity index (χ0v) is 16.7. The van der Waals surface area contributed by atoms with Crippen molar-refractivity contribution in [2.45, 2.75) is 26.3 Å². The number of carbonyl (C=O) groups excluding carboxylic acids is 1. The maximum atomic E-state index is 13.2. The van der Waals surface area contributed by atoms with Gasteiger partial charge in [-0.25, -0.2) is 9.07 Å². The van der Waals surface area contributed by atoms with Gasteiger partial charge in [0.1, 0.15) is 32.0 Å². The summed E-state index contributed by atoms with van der Waals surface area (Å²) in [6.45, 7) is 11.7. The molecule has 3 rings (SSSR count). The number of likely N-dealkylation sites (N-methyl/N-ethyl adjacent to an activating group) is 1. The van der Waals surface area contributed by atoms with Gasteiger partial charge in [-0.05, 0) is 31.0 Å². The summed E-state index contributed by atoms with van der Waals surface area (Å²) in [4.78, 5) is 15.6. The molecule has 0 unspecified atom stereocenters. The number of nitrogens with zero attached hydrogens (tertiary/aromatic N) is 3. The Kier molecular flexibility index (Phi) is 7.11. The molecule has 0 aliphatic carbocycles. The topological polar surface area (TPSA) is 68.7 Å². The Balaban J connectivity index is 1.51. The second-order valence-electron chi connectivity index (χ2n) is 7.42. The molecule has 1 atom stereocenters. The molecule has 1 aromatic heterocycles. The molecule has 2 aromatic rings. The summed E-state index contributed by atoms with van der Waals surface area (Å²) in [5, 5.41) is 11.1. The zero-order chi connectivity index (χ0) is 19.9. The maximum Gasteiger partial charge on any atom is 0.273 e. The van der Waals surface area contributed by atoms with E-state index in [1.807, 2.05) is 6.92 Å². The fourth-order valence-corrected chi connectivity index (χ4v) is 3.80. The number of hydrogen-bond acceptors (Lipinski definition) is 3. The second-order valence-corrected chi connectivity index (χ2v) is 7.42. The van der Waals surface area contributed by atoms with Crippen LogP contribution in [0.15, 0.2) is 30.5 Å². The van der Waals surface area contributed by atoms with Gasteiger partial charge in [0.2, 0.25) is 0 Å². The highest BCUT2D eigenvalue weighted by atomic mass is 19.1. The summed E-state index contributed by atoms with van der Waals surface area (Å²) in [7, 11) is 0. The van der Waals surface area contributed by atoms with Crippen molar-refractivity contribution in [1.29, 1.82) is 0 Å².